The molecule has 174 valence electrons. The van der Waals surface area contributed by atoms with Gasteiger partial charge in [0.15, 0.2) is 5.75 Å². The van der Waals surface area contributed by atoms with Gasteiger partial charge >= 0.3 is 16.1 Å². The zero-order valence-electron chi connectivity index (χ0n) is 17.7. The van der Waals surface area contributed by atoms with Gasteiger partial charge in [0.1, 0.15) is 16.2 Å². The first-order valence-corrected chi connectivity index (χ1v) is 12.5. The van der Waals surface area contributed by atoms with Crippen molar-refractivity contribution in [2.45, 2.75) is 16.7 Å². The Hall–Kier alpha value is -3.57. The number of methoxy groups -OCH3 is 1. The van der Waals surface area contributed by atoms with Gasteiger partial charge in [0.2, 0.25) is 0 Å². The predicted molar refractivity (Wildman–Crippen MR) is 120 cm³/mol. The second kappa shape index (κ2) is 9.92. The highest BCUT2D eigenvalue weighted by atomic mass is 32.2. The molecule has 0 saturated heterocycles. The molecule has 0 amide bonds. The molecule has 3 aromatic rings. The van der Waals surface area contributed by atoms with E-state index in [1.165, 1.54) is 43.5 Å². The summed E-state index contributed by atoms with van der Waals surface area (Å²) in [5.74, 6) is -0.748. The van der Waals surface area contributed by atoms with Gasteiger partial charge in [-0.1, -0.05) is 18.2 Å². The van der Waals surface area contributed by atoms with E-state index < -0.39 is 26.1 Å². The molecule has 0 aliphatic carbocycles. The first-order chi connectivity index (χ1) is 15.7. The summed E-state index contributed by atoms with van der Waals surface area (Å²) >= 11 is 0. The third-order valence-electron chi connectivity index (χ3n) is 4.33. The highest BCUT2D eigenvalue weighted by Gasteiger charge is 2.25. The molecule has 0 aliphatic rings. The van der Waals surface area contributed by atoms with Gasteiger partial charge in [0.05, 0.1) is 18.6 Å². The first kappa shape index (κ1) is 24.1. The lowest BCUT2D eigenvalue weighted by Gasteiger charge is -2.14. The summed E-state index contributed by atoms with van der Waals surface area (Å²) in [6, 6.07) is 16.7. The second-order valence-electron chi connectivity index (χ2n) is 6.56. The Morgan fingerprint density at radius 2 is 1.55 bits per heavy atom. The van der Waals surface area contributed by atoms with Crippen molar-refractivity contribution in [3.8, 4) is 11.5 Å². The van der Waals surface area contributed by atoms with Crippen LogP contribution in [0.25, 0.3) is 0 Å². The second-order valence-corrected chi connectivity index (χ2v) is 9.79. The van der Waals surface area contributed by atoms with E-state index in [0.717, 1.165) is 18.2 Å². The molecule has 0 spiro atoms. The molecule has 0 aromatic heterocycles. The molecule has 0 atom stereocenters. The molecule has 11 heteroatoms. The average molecular weight is 492 g/mol. The topological polar surface area (TPSA) is 125 Å². The van der Waals surface area contributed by atoms with E-state index in [2.05, 4.69) is 4.72 Å². The maximum Gasteiger partial charge on any atom is 0.342 e. The van der Waals surface area contributed by atoms with Crippen LogP contribution in [0.3, 0.4) is 0 Å². The lowest BCUT2D eigenvalue weighted by atomic mass is 10.2. The molecule has 3 aromatic carbocycles. The van der Waals surface area contributed by atoms with Crippen molar-refractivity contribution in [3.63, 3.8) is 0 Å². The summed E-state index contributed by atoms with van der Waals surface area (Å²) in [5.41, 5.74) is -0.0885. The SMILES string of the molecule is CCOC(=O)c1cc(S(=O)(=O)Nc2ccc(OC)cc2)ccc1OS(=O)(=O)c1ccccc1. The van der Waals surface area contributed by atoms with Gasteiger partial charge in [-0.25, -0.2) is 13.2 Å². The lowest BCUT2D eigenvalue weighted by Crippen LogP contribution is -2.17. The highest BCUT2D eigenvalue weighted by molar-refractivity contribution is 7.92. The van der Waals surface area contributed by atoms with Gasteiger partial charge in [-0.05, 0) is 61.5 Å². The number of esters is 1. The maximum atomic E-state index is 12.9. The Kier molecular flexibility index (Phi) is 7.24. The van der Waals surface area contributed by atoms with Crippen LogP contribution >= 0.6 is 0 Å². The average Bonchev–Trinajstić information content (AvgIpc) is 2.80. The Bertz CT molecular complexity index is 1340. The summed E-state index contributed by atoms with van der Waals surface area (Å²) in [6.07, 6.45) is 0. The quantitative estimate of drug-likeness (QED) is 0.356. The van der Waals surface area contributed by atoms with Crippen molar-refractivity contribution < 1.29 is 35.3 Å². The first-order valence-electron chi connectivity index (χ1n) is 9.64. The van der Waals surface area contributed by atoms with E-state index in [9.17, 15) is 21.6 Å². The van der Waals surface area contributed by atoms with Crippen molar-refractivity contribution in [2.24, 2.45) is 0 Å². The van der Waals surface area contributed by atoms with E-state index in [1.807, 2.05) is 0 Å². The van der Waals surface area contributed by atoms with Gasteiger partial charge in [0, 0.05) is 5.69 Å². The fraction of sp³-hybridized carbons (Fsp3) is 0.136. The van der Waals surface area contributed by atoms with Crippen LogP contribution in [0.4, 0.5) is 5.69 Å². The third-order valence-corrected chi connectivity index (χ3v) is 6.96. The number of benzene rings is 3. The minimum Gasteiger partial charge on any atom is -0.497 e. The minimum atomic E-state index is -4.27. The Morgan fingerprint density at radius 1 is 0.879 bits per heavy atom. The standard InChI is InChI=1S/C22H21NO8S2/c1-3-30-22(24)20-15-19(32(25,26)23-16-9-11-17(29-2)12-10-16)13-14-21(20)31-33(27,28)18-7-5-4-6-8-18/h4-15,23H,3H2,1-2H3. The van der Waals surface area contributed by atoms with E-state index in [-0.39, 0.29) is 33.4 Å². The zero-order valence-corrected chi connectivity index (χ0v) is 19.4. The van der Waals surface area contributed by atoms with Crippen LogP contribution in [-0.2, 0) is 24.9 Å². The molecule has 33 heavy (non-hydrogen) atoms. The van der Waals surface area contributed by atoms with Gasteiger partial charge in [-0.3, -0.25) is 4.72 Å². The molecule has 1 N–H and O–H groups in total. The molecule has 0 fully saturated rings. The maximum absolute atomic E-state index is 12.9. The van der Waals surface area contributed by atoms with Gasteiger partial charge in [-0.15, -0.1) is 0 Å². The van der Waals surface area contributed by atoms with Crippen LogP contribution in [0.2, 0.25) is 0 Å². The molecule has 0 heterocycles. The normalized spacial score (nSPS) is 11.5. The van der Waals surface area contributed by atoms with Crippen LogP contribution in [0.1, 0.15) is 17.3 Å². The van der Waals surface area contributed by atoms with Gasteiger partial charge in [0.25, 0.3) is 10.0 Å². The number of nitrogens with one attached hydrogen (secondary N) is 1. The third kappa shape index (κ3) is 5.82. The Labute approximate surface area is 192 Å². The van der Waals surface area contributed by atoms with Crippen molar-refractivity contribution in [3.05, 3.63) is 78.4 Å². The molecule has 9 nitrogen and oxygen atoms in total. The summed E-state index contributed by atoms with van der Waals surface area (Å²) in [5, 5.41) is 0. The van der Waals surface area contributed by atoms with Crippen molar-refractivity contribution in [1.82, 2.24) is 0 Å². The number of rotatable bonds is 9. The number of hydrogen-bond donors (Lipinski definition) is 1. The molecular weight excluding hydrogens is 470 g/mol. The smallest absolute Gasteiger partial charge is 0.342 e. The number of anilines is 1. The molecule has 0 bridgehead atoms. The van der Waals surface area contributed by atoms with E-state index in [0.29, 0.717) is 5.75 Å². The fourth-order valence-corrected chi connectivity index (χ4v) is 4.80. The number of hydrogen-bond acceptors (Lipinski definition) is 8. The summed E-state index contributed by atoms with van der Waals surface area (Å²) in [6.45, 7) is 1.55. The zero-order chi connectivity index (χ0) is 24.1. The van der Waals surface area contributed by atoms with Crippen LogP contribution in [0, 0.1) is 0 Å². The molecule has 0 radical (unpaired) electrons. The largest absolute Gasteiger partial charge is 0.497 e. The molecular formula is C22H21NO8S2. The predicted octanol–water partition coefficient (Wildman–Crippen LogP) is 3.44. The molecule has 3 rings (SSSR count). The number of ether oxygens (including phenoxy) is 2. The number of carbonyl (C=O) groups is 1. The monoisotopic (exact) mass is 491 g/mol. The van der Waals surface area contributed by atoms with Crippen molar-refractivity contribution in [1.29, 1.82) is 0 Å². The van der Waals surface area contributed by atoms with E-state index >= 15 is 0 Å². The van der Waals surface area contributed by atoms with Gasteiger partial charge in [-0.2, -0.15) is 8.42 Å². The fourth-order valence-electron chi connectivity index (χ4n) is 2.74. The summed E-state index contributed by atoms with van der Waals surface area (Å²) in [4.78, 5) is 12.1. The van der Waals surface area contributed by atoms with E-state index in [4.69, 9.17) is 13.7 Å². The van der Waals surface area contributed by atoms with Crippen LogP contribution < -0.4 is 13.6 Å². The van der Waals surface area contributed by atoms with Crippen LogP contribution in [0.5, 0.6) is 11.5 Å². The summed E-state index contributed by atoms with van der Waals surface area (Å²) < 4.78 is 68.4. The Balaban J connectivity index is 1.97. The molecule has 0 saturated carbocycles. The molecule has 0 unspecified atom stereocenters. The minimum absolute atomic E-state index is 0.00914. The van der Waals surface area contributed by atoms with Crippen LogP contribution in [0.15, 0.2) is 82.6 Å². The highest BCUT2D eigenvalue weighted by Crippen LogP contribution is 2.28. The van der Waals surface area contributed by atoms with Gasteiger partial charge < -0.3 is 13.7 Å². The van der Waals surface area contributed by atoms with Crippen molar-refractivity contribution in [2.75, 3.05) is 18.4 Å². The van der Waals surface area contributed by atoms with Crippen LogP contribution in [-0.4, -0.2) is 36.5 Å². The number of carbonyl (C=O) groups excluding carboxylic acids is 1. The van der Waals surface area contributed by atoms with Crippen molar-refractivity contribution >= 4 is 31.8 Å². The number of sulfonamides is 1. The Morgan fingerprint density at radius 3 is 2.15 bits per heavy atom. The lowest BCUT2D eigenvalue weighted by molar-refractivity contribution is 0.0524. The molecule has 0 aliphatic heterocycles. The summed E-state index contributed by atoms with van der Waals surface area (Å²) in [7, 11) is -6.91. The van der Waals surface area contributed by atoms with E-state index in [1.54, 1.807) is 25.1 Å².